The van der Waals surface area contributed by atoms with Crippen molar-refractivity contribution in [1.82, 2.24) is 0 Å². The number of phosphoric acid groups is 2. The molecule has 0 saturated heterocycles. The first kappa shape index (κ1) is 51.8. The lowest BCUT2D eigenvalue weighted by Crippen LogP contribution is -2.29. The molecule has 0 fully saturated rings. The summed E-state index contributed by atoms with van der Waals surface area (Å²) >= 11 is 0. The number of allylic oxidation sites excluding steroid dienone is 8. The van der Waals surface area contributed by atoms with E-state index in [4.69, 9.17) is 23.8 Å². The van der Waals surface area contributed by atoms with Crippen molar-refractivity contribution in [3.05, 3.63) is 48.6 Å². The summed E-state index contributed by atoms with van der Waals surface area (Å²) in [6.45, 7) is 3.68. The highest BCUT2D eigenvalue weighted by Crippen LogP contribution is 2.43. The summed E-state index contributed by atoms with van der Waals surface area (Å²) in [5.41, 5.74) is 0. The third-order valence-electron chi connectivity index (χ3n) is 7.61. The standard InChI is InChI=1S/C38H66O14P2/c1-4-5-19-25-34(39)26-21-16-11-9-7-6-8-10-12-18-23-28-38(42)52-36(31-48-37(41)27-22-17-14-13-15-20-24-33(2)3)32-51-54(46,47)50-30-35(40)29-49-53(43,44)45/h6-7,10-12,16,21,26,33,35-36,40H,4-5,8-9,13-15,17-20,22-25,27-32H2,1-3H3,(H,46,47)(H2,43,44,45)/b7-6-,12-10-,16-11-,26-21+/t35-,36+/m0/s1. The van der Waals surface area contributed by atoms with Crippen LogP contribution >= 0.6 is 15.6 Å². The Morgan fingerprint density at radius 1 is 0.648 bits per heavy atom. The van der Waals surface area contributed by atoms with Gasteiger partial charge in [0.25, 0.3) is 0 Å². The largest absolute Gasteiger partial charge is 0.472 e. The number of ketones is 1. The molecule has 312 valence electrons. The average Bonchev–Trinajstić information content (AvgIpc) is 3.10. The molecule has 3 atom stereocenters. The zero-order valence-corrected chi connectivity index (χ0v) is 34.3. The van der Waals surface area contributed by atoms with Crippen molar-refractivity contribution in [2.75, 3.05) is 26.4 Å². The van der Waals surface area contributed by atoms with Crippen LogP contribution in [0, 0.1) is 5.92 Å². The van der Waals surface area contributed by atoms with Gasteiger partial charge in [0.15, 0.2) is 11.9 Å². The van der Waals surface area contributed by atoms with E-state index in [0.29, 0.717) is 38.0 Å². The fourth-order valence-electron chi connectivity index (χ4n) is 4.65. The van der Waals surface area contributed by atoms with E-state index in [2.05, 4.69) is 29.8 Å². The topological polar surface area (TPSA) is 212 Å². The molecule has 0 aromatic rings. The van der Waals surface area contributed by atoms with E-state index in [1.807, 2.05) is 36.5 Å². The van der Waals surface area contributed by atoms with E-state index in [-0.39, 0.29) is 18.6 Å². The number of ether oxygens (including phenoxy) is 2. The molecule has 14 nitrogen and oxygen atoms in total. The lowest BCUT2D eigenvalue weighted by molar-refractivity contribution is -0.161. The zero-order chi connectivity index (χ0) is 40.5. The Morgan fingerprint density at radius 2 is 1.24 bits per heavy atom. The van der Waals surface area contributed by atoms with Crippen molar-refractivity contribution in [3.63, 3.8) is 0 Å². The molecular weight excluding hydrogens is 742 g/mol. The lowest BCUT2D eigenvalue weighted by atomic mass is 10.0. The first-order chi connectivity index (χ1) is 25.6. The second-order valence-corrected chi connectivity index (χ2v) is 16.1. The zero-order valence-electron chi connectivity index (χ0n) is 32.5. The minimum Gasteiger partial charge on any atom is -0.462 e. The SMILES string of the molecule is CCCCCC(=O)/C=C/C=C\C/C=C\C/C=C\CCCC(=O)O[C@H](COC(=O)CCCCCCCCC(C)C)COP(=O)(O)OC[C@@H](O)COP(=O)(O)O. The molecule has 0 rings (SSSR count). The molecule has 16 heteroatoms. The number of aliphatic hydroxyl groups is 1. The maximum atomic E-state index is 12.6. The Balaban J connectivity index is 4.72. The molecule has 0 aliphatic heterocycles. The highest BCUT2D eigenvalue weighted by Gasteiger charge is 2.28. The van der Waals surface area contributed by atoms with Crippen molar-refractivity contribution in [2.24, 2.45) is 5.92 Å². The minimum atomic E-state index is -4.87. The van der Waals surface area contributed by atoms with Gasteiger partial charge < -0.3 is 29.3 Å². The van der Waals surface area contributed by atoms with Crippen LogP contribution in [-0.2, 0) is 46.6 Å². The van der Waals surface area contributed by atoms with Gasteiger partial charge in [-0.1, -0.05) is 115 Å². The Morgan fingerprint density at radius 3 is 1.93 bits per heavy atom. The normalized spacial score (nSPS) is 14.7. The molecular formula is C38H66O14P2. The van der Waals surface area contributed by atoms with Gasteiger partial charge in [-0.15, -0.1) is 0 Å². The van der Waals surface area contributed by atoms with Crippen LogP contribution < -0.4 is 0 Å². The van der Waals surface area contributed by atoms with Gasteiger partial charge in [0.2, 0.25) is 0 Å². The molecule has 0 aliphatic carbocycles. The molecule has 0 aromatic heterocycles. The summed E-state index contributed by atoms with van der Waals surface area (Å²) < 4.78 is 47.4. The van der Waals surface area contributed by atoms with Crippen LogP contribution in [0.1, 0.15) is 130 Å². The Hall–Kier alpha value is -2.25. The third kappa shape index (κ3) is 36.7. The molecule has 0 saturated carbocycles. The molecule has 0 aliphatic rings. The van der Waals surface area contributed by atoms with Crippen molar-refractivity contribution in [1.29, 1.82) is 0 Å². The molecule has 0 aromatic carbocycles. The van der Waals surface area contributed by atoms with Crippen LogP contribution in [0.15, 0.2) is 48.6 Å². The summed E-state index contributed by atoms with van der Waals surface area (Å²) in [5, 5.41) is 9.70. The number of esters is 2. The van der Waals surface area contributed by atoms with Crippen molar-refractivity contribution >= 4 is 33.4 Å². The summed E-state index contributed by atoms with van der Waals surface area (Å²) in [7, 11) is -9.70. The van der Waals surface area contributed by atoms with Crippen LogP contribution in [0.2, 0.25) is 0 Å². The number of unbranched alkanes of at least 4 members (excludes halogenated alkanes) is 8. The van der Waals surface area contributed by atoms with E-state index in [0.717, 1.165) is 51.4 Å². The first-order valence-corrected chi connectivity index (χ1v) is 22.2. The minimum absolute atomic E-state index is 0.0280. The summed E-state index contributed by atoms with van der Waals surface area (Å²) in [5.74, 6) is -0.311. The molecule has 4 N–H and O–H groups in total. The van der Waals surface area contributed by atoms with Crippen LogP contribution in [0.5, 0.6) is 0 Å². The molecule has 0 amide bonds. The van der Waals surface area contributed by atoms with E-state index < -0.39 is 66.2 Å². The van der Waals surface area contributed by atoms with Crippen LogP contribution in [0.25, 0.3) is 0 Å². The van der Waals surface area contributed by atoms with Gasteiger partial charge in [-0.05, 0) is 50.5 Å². The lowest BCUT2D eigenvalue weighted by Gasteiger charge is -2.20. The van der Waals surface area contributed by atoms with Crippen molar-refractivity contribution in [2.45, 2.75) is 142 Å². The highest BCUT2D eigenvalue weighted by molar-refractivity contribution is 7.47. The number of hydrogen-bond donors (Lipinski definition) is 4. The van der Waals surface area contributed by atoms with Crippen molar-refractivity contribution in [3.8, 4) is 0 Å². The number of carbonyl (C=O) groups is 3. The molecule has 0 heterocycles. The fraction of sp³-hybridized carbons (Fsp3) is 0.711. The summed E-state index contributed by atoms with van der Waals surface area (Å²) in [6.07, 6.45) is 25.8. The second kappa shape index (κ2) is 32.9. The van der Waals surface area contributed by atoms with Gasteiger partial charge in [-0.2, -0.15) is 0 Å². The first-order valence-electron chi connectivity index (χ1n) is 19.1. The maximum absolute atomic E-state index is 12.6. The smallest absolute Gasteiger partial charge is 0.462 e. The predicted octanol–water partition coefficient (Wildman–Crippen LogP) is 8.15. The van der Waals surface area contributed by atoms with Crippen LogP contribution in [0.4, 0.5) is 0 Å². The number of aliphatic hydroxyl groups excluding tert-OH is 1. The number of hydrogen-bond acceptors (Lipinski definition) is 11. The van der Waals surface area contributed by atoms with Gasteiger partial charge in [-0.3, -0.25) is 28.0 Å². The number of rotatable bonds is 35. The van der Waals surface area contributed by atoms with E-state index >= 15 is 0 Å². The molecule has 0 radical (unpaired) electrons. The predicted molar refractivity (Wildman–Crippen MR) is 207 cm³/mol. The Kier molecular flexibility index (Phi) is 31.6. The van der Waals surface area contributed by atoms with E-state index in [9.17, 15) is 33.5 Å². The van der Waals surface area contributed by atoms with E-state index in [1.165, 1.54) is 12.8 Å². The number of phosphoric ester groups is 2. The van der Waals surface area contributed by atoms with Crippen LogP contribution in [0.3, 0.4) is 0 Å². The maximum Gasteiger partial charge on any atom is 0.472 e. The molecule has 1 unspecified atom stereocenters. The van der Waals surface area contributed by atoms with Gasteiger partial charge in [0, 0.05) is 19.3 Å². The van der Waals surface area contributed by atoms with Crippen molar-refractivity contribution < 1.29 is 66.3 Å². The second-order valence-electron chi connectivity index (χ2n) is 13.4. The fourth-order valence-corrected chi connectivity index (χ4v) is 5.81. The highest BCUT2D eigenvalue weighted by atomic mass is 31.2. The van der Waals surface area contributed by atoms with Gasteiger partial charge >= 0.3 is 27.6 Å². The van der Waals surface area contributed by atoms with Gasteiger partial charge in [0.1, 0.15) is 12.7 Å². The Labute approximate surface area is 322 Å². The molecule has 0 spiro atoms. The Bertz CT molecular complexity index is 1220. The molecule has 54 heavy (non-hydrogen) atoms. The summed E-state index contributed by atoms with van der Waals surface area (Å²) in [4.78, 5) is 64.1. The summed E-state index contributed by atoms with van der Waals surface area (Å²) in [6, 6.07) is 0. The number of carbonyl (C=O) groups excluding carboxylic acids is 3. The van der Waals surface area contributed by atoms with Gasteiger partial charge in [-0.25, -0.2) is 9.13 Å². The van der Waals surface area contributed by atoms with E-state index in [1.54, 1.807) is 12.2 Å². The third-order valence-corrected chi connectivity index (χ3v) is 9.05. The monoisotopic (exact) mass is 808 g/mol. The average molecular weight is 809 g/mol. The quantitative estimate of drug-likeness (QED) is 0.0119. The molecule has 0 bridgehead atoms. The van der Waals surface area contributed by atoms with Crippen LogP contribution in [-0.4, -0.2) is 76.1 Å². The van der Waals surface area contributed by atoms with Gasteiger partial charge in [0.05, 0.1) is 19.8 Å².